The average molecular weight is 598 g/mol. The molecule has 6 aromatic rings. The van der Waals surface area contributed by atoms with Crippen LogP contribution in [0.5, 0.6) is 0 Å². The summed E-state index contributed by atoms with van der Waals surface area (Å²) in [6, 6.07) is 29.5. The number of pyridine rings is 1. The van der Waals surface area contributed by atoms with Gasteiger partial charge in [0.15, 0.2) is 11.0 Å². The van der Waals surface area contributed by atoms with Crippen LogP contribution in [0, 0.1) is 21.4 Å². The standard InChI is InChI=1S/C33H23N7O3S/c1-2-39-31(24-15-17-35-18-16-24)37-38-33(39)44-28-14-13-26(40(41)42)19-25(28)21-36-32-27(20-34)29(22-9-5-3-6-10-22)30(43-32)23-11-7-4-8-12-23/h3-19,21H,2H2,1H3. The summed E-state index contributed by atoms with van der Waals surface area (Å²) < 4.78 is 8.19. The Morgan fingerprint density at radius 2 is 1.68 bits per heavy atom. The minimum absolute atomic E-state index is 0.0971. The molecule has 10 nitrogen and oxygen atoms in total. The Morgan fingerprint density at radius 3 is 2.34 bits per heavy atom. The number of aliphatic imine (C=N–C) groups is 1. The summed E-state index contributed by atoms with van der Waals surface area (Å²) in [7, 11) is 0. The molecule has 0 aliphatic carbocycles. The molecule has 0 unspecified atom stereocenters. The summed E-state index contributed by atoms with van der Waals surface area (Å²) in [4.78, 5) is 20.5. The van der Waals surface area contributed by atoms with E-state index in [1.165, 1.54) is 30.1 Å². The number of nitro groups is 1. The number of hydrogen-bond donors (Lipinski definition) is 0. The zero-order valence-corrected chi connectivity index (χ0v) is 24.2. The zero-order chi connectivity index (χ0) is 30.5. The van der Waals surface area contributed by atoms with Crippen LogP contribution < -0.4 is 0 Å². The molecule has 3 aromatic carbocycles. The quantitative estimate of drug-likeness (QED) is 0.0930. The first-order valence-corrected chi connectivity index (χ1v) is 14.4. The molecular formula is C33H23N7O3S. The number of benzene rings is 3. The summed E-state index contributed by atoms with van der Waals surface area (Å²) in [5.74, 6) is 1.30. The SMILES string of the molecule is CCn1c(Sc2ccc([N+](=O)[O-])cc2C=Nc2oc(-c3ccccc3)c(-c3ccccc3)c2C#N)nnc1-c1ccncc1. The van der Waals surface area contributed by atoms with E-state index in [0.717, 1.165) is 16.7 Å². The molecule has 0 aliphatic heterocycles. The molecule has 3 aromatic heterocycles. The van der Waals surface area contributed by atoms with Crippen molar-refractivity contribution in [1.82, 2.24) is 19.7 Å². The number of furan rings is 1. The Balaban J connectivity index is 1.43. The molecule has 0 aliphatic rings. The summed E-state index contributed by atoms with van der Waals surface area (Å²) in [5, 5.41) is 31.3. The average Bonchev–Trinajstić information content (AvgIpc) is 3.66. The van der Waals surface area contributed by atoms with Crippen molar-refractivity contribution < 1.29 is 9.34 Å². The lowest BCUT2D eigenvalue weighted by atomic mass is 9.98. The molecular weight excluding hydrogens is 574 g/mol. The molecule has 0 radical (unpaired) electrons. The minimum Gasteiger partial charge on any atom is -0.436 e. The van der Waals surface area contributed by atoms with Crippen LogP contribution in [-0.4, -0.2) is 30.9 Å². The number of nitro benzene ring substituents is 1. The number of nitriles is 1. The van der Waals surface area contributed by atoms with Gasteiger partial charge in [0.1, 0.15) is 17.4 Å². The molecule has 0 saturated carbocycles. The normalized spacial score (nSPS) is 11.1. The van der Waals surface area contributed by atoms with Gasteiger partial charge < -0.3 is 8.98 Å². The van der Waals surface area contributed by atoms with E-state index in [-0.39, 0.29) is 17.1 Å². The zero-order valence-electron chi connectivity index (χ0n) is 23.4. The molecule has 3 heterocycles. The molecule has 214 valence electrons. The van der Waals surface area contributed by atoms with Crippen LogP contribution in [0.1, 0.15) is 18.1 Å². The van der Waals surface area contributed by atoms with Gasteiger partial charge in [-0.25, -0.2) is 4.99 Å². The maximum atomic E-state index is 11.7. The summed E-state index contributed by atoms with van der Waals surface area (Å²) in [6.07, 6.45) is 4.87. The van der Waals surface area contributed by atoms with E-state index >= 15 is 0 Å². The molecule has 0 atom stereocenters. The first-order chi connectivity index (χ1) is 21.6. The van der Waals surface area contributed by atoms with E-state index in [0.29, 0.717) is 39.3 Å². The minimum atomic E-state index is -0.462. The third-order valence-electron chi connectivity index (χ3n) is 6.80. The van der Waals surface area contributed by atoms with Crippen LogP contribution in [0.15, 0.2) is 123 Å². The van der Waals surface area contributed by atoms with Gasteiger partial charge in [-0.15, -0.1) is 10.2 Å². The summed E-state index contributed by atoms with van der Waals surface area (Å²) in [5.41, 5.74) is 3.72. The fourth-order valence-corrected chi connectivity index (χ4v) is 5.69. The van der Waals surface area contributed by atoms with Gasteiger partial charge in [0.25, 0.3) is 5.69 Å². The van der Waals surface area contributed by atoms with Crippen molar-refractivity contribution >= 4 is 29.5 Å². The Kier molecular flexibility index (Phi) is 8.07. The van der Waals surface area contributed by atoms with Crippen molar-refractivity contribution in [3.05, 3.63) is 125 Å². The first-order valence-electron chi connectivity index (χ1n) is 13.6. The highest BCUT2D eigenvalue weighted by molar-refractivity contribution is 7.99. The van der Waals surface area contributed by atoms with Crippen molar-refractivity contribution in [3.63, 3.8) is 0 Å². The lowest BCUT2D eigenvalue weighted by Gasteiger charge is -2.08. The van der Waals surface area contributed by atoms with Gasteiger partial charge in [-0.2, -0.15) is 5.26 Å². The second-order valence-electron chi connectivity index (χ2n) is 9.46. The number of non-ortho nitro benzene ring substituents is 1. The summed E-state index contributed by atoms with van der Waals surface area (Å²) >= 11 is 1.31. The van der Waals surface area contributed by atoms with Crippen LogP contribution in [0.4, 0.5) is 11.6 Å². The van der Waals surface area contributed by atoms with Gasteiger partial charge in [-0.1, -0.05) is 60.7 Å². The Morgan fingerprint density at radius 1 is 0.977 bits per heavy atom. The van der Waals surface area contributed by atoms with Gasteiger partial charge in [0.2, 0.25) is 5.88 Å². The number of hydrogen-bond acceptors (Lipinski definition) is 9. The van der Waals surface area contributed by atoms with E-state index in [2.05, 4.69) is 26.2 Å². The Bertz CT molecular complexity index is 2020. The van der Waals surface area contributed by atoms with Gasteiger partial charge in [0.05, 0.1) is 4.92 Å². The number of nitrogens with zero attached hydrogens (tertiary/aromatic N) is 7. The van der Waals surface area contributed by atoms with Gasteiger partial charge in [0, 0.05) is 64.4 Å². The topological polar surface area (TPSA) is 136 Å². The lowest BCUT2D eigenvalue weighted by molar-refractivity contribution is -0.384. The van der Waals surface area contributed by atoms with Gasteiger partial charge >= 0.3 is 0 Å². The van der Waals surface area contributed by atoms with Crippen LogP contribution in [0.25, 0.3) is 33.8 Å². The molecule has 0 amide bonds. The Hall–Kier alpha value is -5.86. The highest BCUT2D eigenvalue weighted by Gasteiger charge is 2.23. The molecule has 44 heavy (non-hydrogen) atoms. The molecule has 6 rings (SSSR count). The van der Waals surface area contributed by atoms with Crippen LogP contribution in [0.2, 0.25) is 0 Å². The van der Waals surface area contributed by atoms with E-state index in [1.807, 2.05) is 84.3 Å². The second-order valence-corrected chi connectivity index (χ2v) is 10.5. The third kappa shape index (κ3) is 5.62. The number of aromatic nitrogens is 4. The van der Waals surface area contributed by atoms with E-state index in [4.69, 9.17) is 4.42 Å². The third-order valence-corrected chi connectivity index (χ3v) is 7.87. The highest BCUT2D eigenvalue weighted by Crippen LogP contribution is 2.42. The molecule has 0 bridgehead atoms. The molecule has 0 spiro atoms. The lowest BCUT2D eigenvalue weighted by Crippen LogP contribution is -2.00. The Labute approximate surface area is 256 Å². The maximum absolute atomic E-state index is 11.7. The van der Waals surface area contributed by atoms with E-state index < -0.39 is 4.92 Å². The van der Waals surface area contributed by atoms with Crippen molar-refractivity contribution in [3.8, 4) is 39.9 Å². The van der Waals surface area contributed by atoms with Crippen molar-refractivity contribution in [2.45, 2.75) is 23.5 Å². The first kappa shape index (κ1) is 28.3. The van der Waals surface area contributed by atoms with E-state index in [1.54, 1.807) is 18.5 Å². The monoisotopic (exact) mass is 597 g/mol. The highest BCUT2D eigenvalue weighted by atomic mass is 32.2. The molecule has 0 fully saturated rings. The largest absolute Gasteiger partial charge is 0.436 e. The molecule has 0 saturated heterocycles. The smallest absolute Gasteiger partial charge is 0.270 e. The van der Waals surface area contributed by atoms with Gasteiger partial charge in [-0.05, 0) is 42.4 Å². The predicted molar refractivity (Wildman–Crippen MR) is 168 cm³/mol. The van der Waals surface area contributed by atoms with E-state index in [9.17, 15) is 15.4 Å². The van der Waals surface area contributed by atoms with Crippen molar-refractivity contribution in [2.75, 3.05) is 0 Å². The fourth-order valence-electron chi connectivity index (χ4n) is 4.72. The molecule has 11 heteroatoms. The van der Waals surface area contributed by atoms with Gasteiger partial charge in [-0.3, -0.25) is 15.1 Å². The second kappa shape index (κ2) is 12.6. The van der Waals surface area contributed by atoms with Crippen molar-refractivity contribution in [1.29, 1.82) is 5.26 Å². The van der Waals surface area contributed by atoms with Crippen LogP contribution >= 0.6 is 11.8 Å². The van der Waals surface area contributed by atoms with Crippen LogP contribution in [0.3, 0.4) is 0 Å². The number of rotatable bonds is 9. The maximum Gasteiger partial charge on any atom is 0.270 e. The summed E-state index contributed by atoms with van der Waals surface area (Å²) in [6.45, 7) is 2.59. The predicted octanol–water partition coefficient (Wildman–Crippen LogP) is 7.97. The van der Waals surface area contributed by atoms with Crippen molar-refractivity contribution in [2.24, 2.45) is 4.99 Å². The fraction of sp³-hybridized carbons (Fsp3) is 0.0606. The van der Waals surface area contributed by atoms with Crippen LogP contribution in [-0.2, 0) is 6.54 Å². The molecule has 0 N–H and O–H groups in total.